The summed E-state index contributed by atoms with van der Waals surface area (Å²) < 4.78 is 1.66. The molecule has 0 atom stereocenters. The number of hydrogen-bond acceptors (Lipinski definition) is 4. The molecular formula is C11H13N3OS. The van der Waals surface area contributed by atoms with E-state index in [1.165, 1.54) is 11.3 Å². The molecule has 1 N–H and O–H groups in total. The molecule has 2 aromatic rings. The van der Waals surface area contributed by atoms with Crippen molar-refractivity contribution in [3.63, 3.8) is 0 Å². The Morgan fingerprint density at radius 2 is 2.44 bits per heavy atom. The van der Waals surface area contributed by atoms with Crippen molar-refractivity contribution < 1.29 is 0 Å². The van der Waals surface area contributed by atoms with Crippen LogP contribution >= 0.6 is 11.3 Å². The molecule has 0 amide bonds. The fourth-order valence-corrected chi connectivity index (χ4v) is 2.05. The van der Waals surface area contributed by atoms with E-state index in [4.69, 9.17) is 0 Å². The zero-order valence-electron chi connectivity index (χ0n) is 9.01. The number of anilines is 1. The van der Waals surface area contributed by atoms with Gasteiger partial charge in [-0.05, 0) is 19.1 Å². The first-order valence-corrected chi connectivity index (χ1v) is 6.00. The Bertz CT molecular complexity index is 518. The first-order chi connectivity index (χ1) is 7.79. The SMILES string of the molecule is CCNc1ccnc(Cn2ccsc2=O)c1. The smallest absolute Gasteiger partial charge is 0.307 e. The average molecular weight is 235 g/mol. The van der Waals surface area contributed by atoms with Gasteiger partial charge in [-0.3, -0.25) is 14.3 Å². The number of thiazole rings is 1. The number of nitrogens with one attached hydrogen (secondary N) is 1. The minimum Gasteiger partial charge on any atom is -0.385 e. The van der Waals surface area contributed by atoms with Gasteiger partial charge in [0.25, 0.3) is 0 Å². The fraction of sp³-hybridized carbons (Fsp3) is 0.273. The molecule has 2 rings (SSSR count). The largest absolute Gasteiger partial charge is 0.385 e. The van der Waals surface area contributed by atoms with Crippen LogP contribution in [0.5, 0.6) is 0 Å². The number of rotatable bonds is 4. The molecule has 16 heavy (non-hydrogen) atoms. The van der Waals surface area contributed by atoms with E-state index in [2.05, 4.69) is 10.3 Å². The van der Waals surface area contributed by atoms with Crippen LogP contribution in [-0.2, 0) is 6.54 Å². The van der Waals surface area contributed by atoms with Crippen molar-refractivity contribution in [2.24, 2.45) is 0 Å². The van der Waals surface area contributed by atoms with Gasteiger partial charge < -0.3 is 5.32 Å². The molecule has 84 valence electrons. The molecule has 0 aliphatic rings. The number of nitrogens with zero attached hydrogens (tertiary/aromatic N) is 2. The van der Waals surface area contributed by atoms with Crippen LogP contribution in [-0.4, -0.2) is 16.1 Å². The molecule has 2 heterocycles. The number of hydrogen-bond donors (Lipinski definition) is 1. The van der Waals surface area contributed by atoms with Crippen molar-refractivity contribution in [3.05, 3.63) is 45.3 Å². The maximum absolute atomic E-state index is 11.4. The highest BCUT2D eigenvalue weighted by Gasteiger charge is 2.00. The van der Waals surface area contributed by atoms with Gasteiger partial charge in [0.15, 0.2) is 0 Å². The molecular weight excluding hydrogens is 222 g/mol. The van der Waals surface area contributed by atoms with Crippen LogP contribution in [0, 0.1) is 0 Å². The predicted octanol–water partition coefficient (Wildman–Crippen LogP) is 1.78. The Morgan fingerprint density at radius 3 is 3.12 bits per heavy atom. The van der Waals surface area contributed by atoms with Gasteiger partial charge >= 0.3 is 4.87 Å². The zero-order chi connectivity index (χ0) is 11.4. The van der Waals surface area contributed by atoms with Crippen LogP contribution in [0.25, 0.3) is 0 Å². The molecule has 0 fully saturated rings. The molecule has 0 unspecified atom stereocenters. The van der Waals surface area contributed by atoms with Crippen LogP contribution < -0.4 is 10.2 Å². The Morgan fingerprint density at radius 1 is 1.56 bits per heavy atom. The first kappa shape index (κ1) is 10.9. The molecule has 0 radical (unpaired) electrons. The predicted molar refractivity (Wildman–Crippen MR) is 66.1 cm³/mol. The maximum atomic E-state index is 11.4. The standard InChI is InChI=1S/C11H13N3OS/c1-2-12-9-3-4-13-10(7-9)8-14-5-6-16-11(14)15/h3-7H,2,8H2,1H3,(H,12,13). The second kappa shape index (κ2) is 4.94. The lowest BCUT2D eigenvalue weighted by molar-refractivity contribution is 0.761. The van der Waals surface area contributed by atoms with Crippen molar-refractivity contribution in [3.8, 4) is 0 Å². The molecule has 2 aromatic heterocycles. The van der Waals surface area contributed by atoms with Crippen LogP contribution in [0.3, 0.4) is 0 Å². The lowest BCUT2D eigenvalue weighted by atomic mass is 10.3. The molecule has 0 saturated carbocycles. The summed E-state index contributed by atoms with van der Waals surface area (Å²) in [4.78, 5) is 15.7. The van der Waals surface area contributed by atoms with Crippen molar-refractivity contribution >= 4 is 17.0 Å². The van der Waals surface area contributed by atoms with Crippen LogP contribution in [0.15, 0.2) is 34.7 Å². The Labute approximate surface area is 97.6 Å². The van der Waals surface area contributed by atoms with Gasteiger partial charge in [-0.25, -0.2) is 0 Å². The third-order valence-electron chi connectivity index (χ3n) is 2.17. The van der Waals surface area contributed by atoms with Crippen LogP contribution in [0.4, 0.5) is 5.69 Å². The molecule has 5 heteroatoms. The Hall–Kier alpha value is -1.62. The summed E-state index contributed by atoms with van der Waals surface area (Å²) in [5.41, 5.74) is 1.93. The highest BCUT2D eigenvalue weighted by molar-refractivity contribution is 7.07. The van der Waals surface area contributed by atoms with Gasteiger partial charge in [-0.15, -0.1) is 0 Å². The average Bonchev–Trinajstić information content (AvgIpc) is 2.66. The Balaban J connectivity index is 2.18. The first-order valence-electron chi connectivity index (χ1n) is 5.12. The third-order valence-corrected chi connectivity index (χ3v) is 2.87. The minimum atomic E-state index is 0.0515. The maximum Gasteiger partial charge on any atom is 0.307 e. The molecule has 0 aliphatic heterocycles. The van der Waals surface area contributed by atoms with E-state index in [-0.39, 0.29) is 4.87 Å². The van der Waals surface area contributed by atoms with Crippen molar-refractivity contribution in [1.29, 1.82) is 0 Å². The van der Waals surface area contributed by atoms with E-state index in [0.29, 0.717) is 6.54 Å². The van der Waals surface area contributed by atoms with E-state index in [0.717, 1.165) is 17.9 Å². The van der Waals surface area contributed by atoms with Crippen molar-refractivity contribution in [1.82, 2.24) is 9.55 Å². The van der Waals surface area contributed by atoms with E-state index in [1.807, 2.05) is 19.1 Å². The topological polar surface area (TPSA) is 46.9 Å². The summed E-state index contributed by atoms with van der Waals surface area (Å²) in [7, 11) is 0. The van der Waals surface area contributed by atoms with E-state index in [1.54, 1.807) is 22.3 Å². The van der Waals surface area contributed by atoms with E-state index >= 15 is 0 Å². The normalized spacial score (nSPS) is 10.3. The third kappa shape index (κ3) is 2.49. The van der Waals surface area contributed by atoms with Gasteiger partial charge in [-0.2, -0.15) is 0 Å². The van der Waals surface area contributed by atoms with Crippen LogP contribution in [0.1, 0.15) is 12.6 Å². The summed E-state index contributed by atoms with van der Waals surface area (Å²) in [6, 6.07) is 3.89. The Kier molecular flexibility index (Phi) is 3.36. The fourth-order valence-electron chi connectivity index (χ4n) is 1.46. The van der Waals surface area contributed by atoms with Crippen LogP contribution in [0.2, 0.25) is 0 Å². The quantitative estimate of drug-likeness (QED) is 0.878. The molecule has 0 aromatic carbocycles. The summed E-state index contributed by atoms with van der Waals surface area (Å²) in [5.74, 6) is 0. The van der Waals surface area contributed by atoms with E-state index < -0.39 is 0 Å². The monoisotopic (exact) mass is 235 g/mol. The van der Waals surface area contributed by atoms with Gasteiger partial charge in [0.2, 0.25) is 0 Å². The number of pyridine rings is 1. The van der Waals surface area contributed by atoms with E-state index in [9.17, 15) is 4.79 Å². The minimum absolute atomic E-state index is 0.0515. The highest BCUT2D eigenvalue weighted by atomic mass is 32.1. The number of aromatic nitrogens is 2. The lowest BCUT2D eigenvalue weighted by Gasteiger charge is -2.05. The van der Waals surface area contributed by atoms with Gasteiger partial charge in [0.05, 0.1) is 12.2 Å². The highest BCUT2D eigenvalue weighted by Crippen LogP contribution is 2.08. The molecule has 0 saturated heterocycles. The van der Waals surface area contributed by atoms with Crippen molar-refractivity contribution in [2.45, 2.75) is 13.5 Å². The van der Waals surface area contributed by atoms with Gasteiger partial charge in [-0.1, -0.05) is 11.3 Å². The summed E-state index contributed by atoms with van der Waals surface area (Å²) in [6.45, 7) is 3.45. The van der Waals surface area contributed by atoms with Gasteiger partial charge in [0.1, 0.15) is 0 Å². The second-order valence-corrected chi connectivity index (χ2v) is 4.22. The zero-order valence-corrected chi connectivity index (χ0v) is 9.83. The molecule has 0 bridgehead atoms. The second-order valence-electron chi connectivity index (χ2n) is 3.36. The molecule has 0 spiro atoms. The van der Waals surface area contributed by atoms with Gasteiger partial charge in [0, 0.05) is 30.0 Å². The summed E-state index contributed by atoms with van der Waals surface area (Å²) in [6.07, 6.45) is 3.54. The van der Waals surface area contributed by atoms with Crippen molar-refractivity contribution in [2.75, 3.05) is 11.9 Å². The summed E-state index contributed by atoms with van der Waals surface area (Å²) in [5, 5.41) is 5.01. The molecule has 4 nitrogen and oxygen atoms in total. The lowest BCUT2D eigenvalue weighted by Crippen LogP contribution is -2.13. The summed E-state index contributed by atoms with van der Waals surface area (Å²) >= 11 is 1.20. The molecule has 0 aliphatic carbocycles.